The fraction of sp³-hybridized carbons (Fsp3) is 0.100. The van der Waals surface area contributed by atoms with Crippen molar-refractivity contribution in [2.75, 3.05) is 5.73 Å². The highest BCUT2D eigenvalue weighted by atomic mass is 19.1. The van der Waals surface area contributed by atoms with Crippen molar-refractivity contribution in [3.05, 3.63) is 35.9 Å². The summed E-state index contributed by atoms with van der Waals surface area (Å²) in [5.41, 5.74) is 6.91. The summed E-state index contributed by atoms with van der Waals surface area (Å²) in [5, 5.41) is 1.25. The van der Waals surface area contributed by atoms with E-state index in [2.05, 4.69) is 4.98 Å². The summed E-state index contributed by atoms with van der Waals surface area (Å²) in [5.74, 6) is -0.362. The van der Waals surface area contributed by atoms with Crippen LogP contribution in [-0.4, -0.2) is 4.98 Å². The zero-order valence-corrected chi connectivity index (χ0v) is 7.21. The maximum absolute atomic E-state index is 13.3. The van der Waals surface area contributed by atoms with E-state index in [1.54, 1.807) is 12.1 Å². The topological polar surface area (TPSA) is 38.9 Å². The van der Waals surface area contributed by atoms with Gasteiger partial charge in [-0.15, -0.1) is 0 Å². The molecular formula is C10H9FN2. The summed E-state index contributed by atoms with van der Waals surface area (Å²) in [6.07, 6.45) is 1.20. The van der Waals surface area contributed by atoms with E-state index in [9.17, 15) is 4.39 Å². The van der Waals surface area contributed by atoms with Crippen LogP contribution < -0.4 is 5.73 Å². The van der Waals surface area contributed by atoms with Gasteiger partial charge in [-0.05, 0) is 13.0 Å². The molecule has 1 heterocycles. The van der Waals surface area contributed by atoms with Gasteiger partial charge in [-0.25, -0.2) is 4.39 Å². The number of pyridine rings is 1. The van der Waals surface area contributed by atoms with Gasteiger partial charge in [0.05, 0.1) is 6.20 Å². The molecule has 2 N–H and O–H groups in total. The first-order valence-corrected chi connectivity index (χ1v) is 3.99. The summed E-state index contributed by atoms with van der Waals surface area (Å²) in [4.78, 5) is 3.92. The smallest absolute Gasteiger partial charge is 0.151 e. The van der Waals surface area contributed by atoms with Crippen LogP contribution in [0.3, 0.4) is 0 Å². The van der Waals surface area contributed by atoms with Crippen molar-refractivity contribution < 1.29 is 4.39 Å². The van der Waals surface area contributed by atoms with Crippen molar-refractivity contribution in [2.45, 2.75) is 6.92 Å². The molecule has 13 heavy (non-hydrogen) atoms. The highest BCUT2D eigenvalue weighted by Crippen LogP contribution is 2.24. The minimum atomic E-state index is -0.362. The predicted octanol–water partition coefficient (Wildman–Crippen LogP) is 2.26. The molecule has 0 saturated carbocycles. The van der Waals surface area contributed by atoms with E-state index in [0.717, 1.165) is 11.1 Å². The third-order valence-electron chi connectivity index (χ3n) is 2.10. The van der Waals surface area contributed by atoms with E-state index in [1.807, 2.05) is 13.0 Å². The van der Waals surface area contributed by atoms with Crippen LogP contribution in [0.25, 0.3) is 10.8 Å². The second kappa shape index (κ2) is 2.69. The molecule has 0 spiro atoms. The van der Waals surface area contributed by atoms with E-state index in [0.29, 0.717) is 11.1 Å². The minimum Gasteiger partial charge on any atom is -0.398 e. The van der Waals surface area contributed by atoms with Gasteiger partial charge in [0.2, 0.25) is 0 Å². The monoisotopic (exact) mass is 176 g/mol. The molecule has 0 radical (unpaired) electrons. The summed E-state index contributed by atoms with van der Waals surface area (Å²) < 4.78 is 13.3. The molecule has 1 aromatic heterocycles. The quantitative estimate of drug-likeness (QED) is 0.625. The Bertz CT molecular complexity index is 457. The molecule has 2 nitrogen and oxygen atoms in total. The van der Waals surface area contributed by atoms with Crippen molar-refractivity contribution >= 4 is 16.5 Å². The van der Waals surface area contributed by atoms with Gasteiger partial charge in [-0.2, -0.15) is 0 Å². The van der Waals surface area contributed by atoms with Crippen molar-refractivity contribution in [2.24, 2.45) is 0 Å². The van der Waals surface area contributed by atoms with Gasteiger partial charge in [0.25, 0.3) is 0 Å². The lowest BCUT2D eigenvalue weighted by Crippen LogP contribution is -1.93. The molecule has 0 aliphatic heterocycles. The second-order valence-electron chi connectivity index (χ2n) is 2.96. The molecular weight excluding hydrogens is 167 g/mol. The molecule has 66 valence electrons. The van der Waals surface area contributed by atoms with Gasteiger partial charge < -0.3 is 5.73 Å². The molecule has 0 aliphatic carbocycles. The number of halogens is 1. The van der Waals surface area contributed by atoms with Gasteiger partial charge in [0, 0.05) is 22.2 Å². The van der Waals surface area contributed by atoms with Gasteiger partial charge >= 0.3 is 0 Å². The Morgan fingerprint density at radius 2 is 2.15 bits per heavy atom. The predicted molar refractivity (Wildman–Crippen MR) is 50.9 cm³/mol. The first-order valence-electron chi connectivity index (χ1n) is 3.99. The first-order chi connectivity index (χ1) is 6.20. The van der Waals surface area contributed by atoms with Crippen LogP contribution in [0.1, 0.15) is 5.69 Å². The third kappa shape index (κ3) is 1.13. The lowest BCUT2D eigenvalue weighted by molar-refractivity contribution is 0.633. The number of nitrogens with two attached hydrogens (primary N) is 1. The summed E-state index contributed by atoms with van der Waals surface area (Å²) >= 11 is 0. The highest BCUT2D eigenvalue weighted by Gasteiger charge is 2.06. The summed E-state index contributed by atoms with van der Waals surface area (Å²) in [6, 6.07) is 5.30. The van der Waals surface area contributed by atoms with Crippen molar-refractivity contribution in [1.29, 1.82) is 0 Å². The molecule has 0 fully saturated rings. The molecule has 1 aromatic carbocycles. The van der Waals surface area contributed by atoms with Crippen molar-refractivity contribution in [3.8, 4) is 0 Å². The Kier molecular flexibility index (Phi) is 1.65. The summed E-state index contributed by atoms with van der Waals surface area (Å²) in [6.45, 7) is 1.83. The van der Waals surface area contributed by atoms with Gasteiger partial charge in [0.1, 0.15) is 0 Å². The van der Waals surface area contributed by atoms with Crippen LogP contribution >= 0.6 is 0 Å². The lowest BCUT2D eigenvalue weighted by atomic mass is 10.1. The number of hydrogen-bond donors (Lipinski definition) is 1. The standard InChI is InChI=1S/C10H9FN2/c1-6-7-3-2-4-9(12)10(7)8(11)5-13-6/h2-5H,12H2,1H3. The van der Waals surface area contributed by atoms with Gasteiger partial charge in [-0.1, -0.05) is 12.1 Å². The molecule has 0 bridgehead atoms. The van der Waals surface area contributed by atoms with E-state index in [4.69, 9.17) is 5.73 Å². The maximum Gasteiger partial charge on any atom is 0.151 e. The fourth-order valence-corrected chi connectivity index (χ4v) is 1.43. The number of benzene rings is 1. The molecule has 2 aromatic rings. The van der Waals surface area contributed by atoms with Crippen LogP contribution in [0.5, 0.6) is 0 Å². The minimum absolute atomic E-state index is 0.362. The number of rotatable bonds is 0. The van der Waals surface area contributed by atoms with Crippen LogP contribution in [-0.2, 0) is 0 Å². The van der Waals surface area contributed by atoms with E-state index in [1.165, 1.54) is 6.20 Å². The zero-order valence-electron chi connectivity index (χ0n) is 7.21. The Balaban J connectivity index is 3.00. The normalized spacial score (nSPS) is 10.6. The molecule has 0 amide bonds. The Labute approximate surface area is 75.2 Å². The SMILES string of the molecule is Cc1ncc(F)c2c(N)cccc12. The Hall–Kier alpha value is -1.64. The third-order valence-corrected chi connectivity index (χ3v) is 2.10. The number of fused-ring (bicyclic) bond motifs is 1. The van der Waals surface area contributed by atoms with E-state index < -0.39 is 0 Å². The molecule has 0 saturated heterocycles. The van der Waals surface area contributed by atoms with Crippen molar-refractivity contribution in [3.63, 3.8) is 0 Å². The molecule has 0 atom stereocenters. The number of nitrogens with zero attached hydrogens (tertiary/aromatic N) is 1. The average molecular weight is 176 g/mol. The van der Waals surface area contributed by atoms with Crippen LogP contribution in [0.2, 0.25) is 0 Å². The Morgan fingerprint density at radius 1 is 1.38 bits per heavy atom. The van der Waals surface area contributed by atoms with E-state index >= 15 is 0 Å². The number of aryl methyl sites for hydroxylation is 1. The molecule has 0 aliphatic rings. The van der Waals surface area contributed by atoms with Crippen LogP contribution in [0, 0.1) is 12.7 Å². The van der Waals surface area contributed by atoms with Crippen LogP contribution in [0.15, 0.2) is 24.4 Å². The zero-order chi connectivity index (χ0) is 9.42. The second-order valence-corrected chi connectivity index (χ2v) is 2.96. The first kappa shape index (κ1) is 7.98. The number of anilines is 1. The molecule has 2 rings (SSSR count). The maximum atomic E-state index is 13.3. The number of aromatic nitrogens is 1. The molecule has 3 heteroatoms. The van der Waals surface area contributed by atoms with Gasteiger partial charge in [0.15, 0.2) is 5.82 Å². The average Bonchev–Trinajstić information content (AvgIpc) is 2.12. The van der Waals surface area contributed by atoms with Gasteiger partial charge in [-0.3, -0.25) is 4.98 Å². The lowest BCUT2D eigenvalue weighted by Gasteiger charge is -2.04. The van der Waals surface area contributed by atoms with Crippen LogP contribution in [0.4, 0.5) is 10.1 Å². The van der Waals surface area contributed by atoms with Crippen molar-refractivity contribution in [1.82, 2.24) is 4.98 Å². The molecule has 0 unspecified atom stereocenters. The Morgan fingerprint density at radius 3 is 2.85 bits per heavy atom. The summed E-state index contributed by atoms with van der Waals surface area (Å²) in [7, 11) is 0. The number of hydrogen-bond acceptors (Lipinski definition) is 2. The number of nitrogen functional groups attached to an aromatic ring is 1. The highest BCUT2D eigenvalue weighted by molar-refractivity contribution is 5.94. The largest absolute Gasteiger partial charge is 0.398 e. The fourth-order valence-electron chi connectivity index (χ4n) is 1.43. The van der Waals surface area contributed by atoms with E-state index in [-0.39, 0.29) is 5.82 Å².